The second-order valence-electron chi connectivity index (χ2n) is 6.82. The van der Waals surface area contributed by atoms with E-state index >= 15 is 0 Å². The number of hydrogen-bond acceptors (Lipinski definition) is 2. The van der Waals surface area contributed by atoms with Crippen molar-refractivity contribution in [1.82, 2.24) is 4.90 Å². The number of rotatable bonds is 0. The molecule has 1 aromatic carbocycles. The molecule has 1 aliphatic heterocycles. The van der Waals surface area contributed by atoms with Gasteiger partial charge in [-0.15, -0.1) is 0 Å². The van der Waals surface area contributed by atoms with Gasteiger partial charge in [0.15, 0.2) is 0 Å². The van der Waals surface area contributed by atoms with E-state index in [0.717, 1.165) is 25.8 Å². The van der Waals surface area contributed by atoms with Crippen molar-refractivity contribution in [1.29, 1.82) is 0 Å². The maximum atomic E-state index is 11.5. The molecule has 0 spiro atoms. The molecule has 2 heteroatoms. The fraction of sp³-hybridized carbons (Fsp3) is 0.647. The van der Waals surface area contributed by atoms with Gasteiger partial charge in [0.1, 0.15) is 0 Å². The maximum absolute atomic E-state index is 11.5. The molecule has 0 aromatic heterocycles. The Bertz CT molecular complexity index is 514. The summed E-state index contributed by atoms with van der Waals surface area (Å²) < 4.78 is 0. The van der Waals surface area contributed by atoms with Crippen molar-refractivity contribution in [2.45, 2.75) is 55.6 Å². The van der Waals surface area contributed by atoms with Crippen molar-refractivity contribution < 1.29 is 5.11 Å². The Balaban J connectivity index is 1.96. The van der Waals surface area contributed by atoms with Gasteiger partial charge < -0.3 is 10.0 Å². The average Bonchev–Trinajstić information content (AvgIpc) is 2.43. The van der Waals surface area contributed by atoms with Crippen LogP contribution in [0.25, 0.3) is 0 Å². The summed E-state index contributed by atoms with van der Waals surface area (Å²) in [6.07, 6.45) is 6.75. The smallest absolute Gasteiger partial charge is 0.0901 e. The molecule has 2 aliphatic carbocycles. The van der Waals surface area contributed by atoms with E-state index in [1.54, 1.807) is 0 Å². The molecule has 1 heterocycles. The molecule has 3 aliphatic rings. The second-order valence-corrected chi connectivity index (χ2v) is 6.82. The molecule has 2 nitrogen and oxygen atoms in total. The van der Waals surface area contributed by atoms with Crippen LogP contribution >= 0.6 is 0 Å². The predicted octanol–water partition coefficient (Wildman–Crippen LogP) is 2.49. The van der Waals surface area contributed by atoms with Crippen molar-refractivity contribution >= 4 is 0 Å². The van der Waals surface area contributed by atoms with Gasteiger partial charge in [0.25, 0.3) is 0 Å². The summed E-state index contributed by atoms with van der Waals surface area (Å²) in [7, 11) is 2.19. The number of benzene rings is 1. The number of piperidine rings is 1. The first-order valence-corrected chi connectivity index (χ1v) is 7.68. The van der Waals surface area contributed by atoms with Crippen molar-refractivity contribution in [2.75, 3.05) is 13.6 Å². The standard InChI is InChI=1S/C17H23NO/c1-18-11-10-16-8-4-5-9-17(16,19)15(18)12-13-6-2-3-7-14(13)16/h2-3,6-7,15,19H,4-5,8-12H2,1H3/t15-,16+,17-/m1/s1. The summed E-state index contributed by atoms with van der Waals surface area (Å²) in [5.74, 6) is 0. The lowest BCUT2D eigenvalue weighted by Gasteiger charge is -2.63. The topological polar surface area (TPSA) is 23.5 Å². The number of aliphatic hydroxyl groups is 1. The van der Waals surface area contributed by atoms with Crippen molar-refractivity contribution in [2.24, 2.45) is 0 Å². The lowest BCUT2D eigenvalue weighted by Crippen LogP contribution is -2.71. The number of nitrogens with zero attached hydrogens (tertiary/aromatic N) is 1. The van der Waals surface area contributed by atoms with Gasteiger partial charge in [0, 0.05) is 11.5 Å². The largest absolute Gasteiger partial charge is 0.387 e. The third-order valence-electron chi connectivity index (χ3n) is 6.16. The van der Waals surface area contributed by atoms with E-state index in [0.29, 0.717) is 6.04 Å². The molecule has 19 heavy (non-hydrogen) atoms. The van der Waals surface area contributed by atoms with Gasteiger partial charge in [-0.2, -0.15) is 0 Å². The van der Waals surface area contributed by atoms with Gasteiger partial charge in [-0.3, -0.25) is 0 Å². The van der Waals surface area contributed by atoms with Gasteiger partial charge in [0.05, 0.1) is 5.60 Å². The van der Waals surface area contributed by atoms with Crippen LogP contribution in [0.5, 0.6) is 0 Å². The predicted molar refractivity (Wildman–Crippen MR) is 76.3 cm³/mol. The Morgan fingerprint density at radius 3 is 2.84 bits per heavy atom. The minimum absolute atomic E-state index is 0.0390. The Hall–Kier alpha value is -0.860. The molecule has 4 rings (SSSR count). The summed E-state index contributed by atoms with van der Waals surface area (Å²) in [6, 6.07) is 9.18. The summed E-state index contributed by atoms with van der Waals surface area (Å²) in [5.41, 5.74) is 2.48. The zero-order valence-corrected chi connectivity index (χ0v) is 11.7. The lowest BCUT2D eigenvalue weighted by atomic mass is 9.50. The highest BCUT2D eigenvalue weighted by atomic mass is 16.3. The molecule has 1 aromatic rings. The second kappa shape index (κ2) is 3.83. The average molecular weight is 257 g/mol. The minimum atomic E-state index is -0.493. The number of hydrogen-bond donors (Lipinski definition) is 1. The Morgan fingerprint density at radius 2 is 1.95 bits per heavy atom. The summed E-state index contributed by atoms with van der Waals surface area (Å²) in [4.78, 5) is 2.40. The lowest BCUT2D eigenvalue weighted by molar-refractivity contribution is -0.160. The van der Waals surface area contributed by atoms with Crippen molar-refractivity contribution in [3.05, 3.63) is 35.4 Å². The zero-order valence-electron chi connectivity index (χ0n) is 11.7. The van der Waals surface area contributed by atoms with E-state index in [9.17, 15) is 5.11 Å². The quantitative estimate of drug-likeness (QED) is 0.772. The van der Waals surface area contributed by atoms with Gasteiger partial charge in [-0.1, -0.05) is 37.1 Å². The molecule has 0 unspecified atom stereocenters. The number of likely N-dealkylation sites (tertiary alicyclic amines) is 1. The van der Waals surface area contributed by atoms with Gasteiger partial charge in [-0.05, 0) is 50.4 Å². The normalized spacial score (nSPS) is 41.5. The van der Waals surface area contributed by atoms with E-state index < -0.39 is 5.60 Å². The first kappa shape index (κ1) is 11.9. The Labute approximate surface area is 115 Å². The summed E-state index contributed by atoms with van der Waals surface area (Å²) in [6.45, 7) is 1.13. The molecule has 1 saturated carbocycles. The molecule has 102 valence electrons. The van der Waals surface area contributed by atoms with Gasteiger partial charge in [0.2, 0.25) is 0 Å². The highest BCUT2D eigenvalue weighted by Crippen LogP contribution is 2.57. The molecule has 1 saturated heterocycles. The highest BCUT2D eigenvalue weighted by Gasteiger charge is 2.62. The van der Waals surface area contributed by atoms with Gasteiger partial charge >= 0.3 is 0 Å². The third-order valence-corrected chi connectivity index (χ3v) is 6.16. The summed E-state index contributed by atoms with van der Waals surface area (Å²) in [5, 5.41) is 11.5. The first-order valence-electron chi connectivity index (χ1n) is 7.68. The van der Waals surface area contributed by atoms with Gasteiger partial charge in [-0.25, -0.2) is 0 Å². The van der Waals surface area contributed by atoms with Crippen LogP contribution in [0.3, 0.4) is 0 Å². The molecular weight excluding hydrogens is 234 g/mol. The van der Waals surface area contributed by atoms with Crippen LogP contribution in [0.2, 0.25) is 0 Å². The van der Waals surface area contributed by atoms with Crippen LogP contribution in [0.4, 0.5) is 0 Å². The fourth-order valence-electron chi connectivity index (χ4n) is 5.19. The van der Waals surface area contributed by atoms with E-state index in [-0.39, 0.29) is 5.41 Å². The third kappa shape index (κ3) is 1.34. The van der Waals surface area contributed by atoms with Crippen molar-refractivity contribution in [3.8, 4) is 0 Å². The molecule has 1 N–H and O–H groups in total. The SMILES string of the molecule is CN1CC[C@]23CCCC[C@@]2(O)[C@H]1Cc1ccccc13. The van der Waals surface area contributed by atoms with E-state index in [1.807, 2.05) is 0 Å². The van der Waals surface area contributed by atoms with Crippen LogP contribution in [-0.4, -0.2) is 35.2 Å². The Morgan fingerprint density at radius 1 is 1.16 bits per heavy atom. The van der Waals surface area contributed by atoms with Crippen LogP contribution in [-0.2, 0) is 11.8 Å². The van der Waals surface area contributed by atoms with Crippen LogP contribution in [0.15, 0.2) is 24.3 Å². The van der Waals surface area contributed by atoms with Crippen LogP contribution in [0.1, 0.15) is 43.2 Å². The molecular formula is C17H23NO. The monoisotopic (exact) mass is 257 g/mol. The first-order chi connectivity index (χ1) is 9.17. The number of likely N-dealkylation sites (N-methyl/N-ethyl adjacent to an activating group) is 1. The maximum Gasteiger partial charge on any atom is 0.0901 e. The molecule has 0 amide bonds. The molecule has 2 fully saturated rings. The molecule has 2 bridgehead atoms. The van der Waals surface area contributed by atoms with E-state index in [1.165, 1.54) is 30.4 Å². The van der Waals surface area contributed by atoms with E-state index in [2.05, 4.69) is 36.2 Å². The van der Waals surface area contributed by atoms with E-state index in [4.69, 9.17) is 0 Å². The summed E-state index contributed by atoms with van der Waals surface area (Å²) >= 11 is 0. The molecule has 3 atom stereocenters. The fourth-order valence-corrected chi connectivity index (χ4v) is 5.19. The zero-order chi connectivity index (χ0) is 13.1. The number of fused-ring (bicyclic) bond motifs is 1. The molecule has 0 radical (unpaired) electrons. The van der Waals surface area contributed by atoms with Crippen molar-refractivity contribution in [3.63, 3.8) is 0 Å². The minimum Gasteiger partial charge on any atom is -0.387 e. The highest BCUT2D eigenvalue weighted by molar-refractivity contribution is 5.44. The Kier molecular flexibility index (Phi) is 2.40. The van der Waals surface area contributed by atoms with Crippen LogP contribution < -0.4 is 0 Å². The van der Waals surface area contributed by atoms with Crippen LogP contribution in [0, 0.1) is 0 Å².